The van der Waals surface area contributed by atoms with Crippen LogP contribution in [0, 0.1) is 23.2 Å². The van der Waals surface area contributed by atoms with E-state index in [0.717, 1.165) is 48.1 Å². The molecule has 3 aliphatic rings. The van der Waals surface area contributed by atoms with Crippen molar-refractivity contribution in [3.8, 4) is 6.07 Å². The summed E-state index contributed by atoms with van der Waals surface area (Å²) in [7, 11) is 1.65. The zero-order chi connectivity index (χ0) is 23.9. The van der Waals surface area contributed by atoms with Gasteiger partial charge in [-0.1, -0.05) is 6.07 Å². The molecule has 1 aromatic rings. The standard InChI is InChI=1S/C25H30N4O4S/c1-32-16-19-5-3-11-29(19)25(31)33-15-18-6-8-20-21(13-26)24(34-22(20)12-18)28-23(30)9-7-17-4-2-10-27-14-17/h2,4,7,9-10,14,18-19,21,24H,3,5-6,8,11-12,15-16H2,1H3,(H,28,30)/b9-7+. The molecule has 0 saturated carbocycles. The first-order valence-corrected chi connectivity index (χ1v) is 12.6. The Labute approximate surface area is 204 Å². The molecule has 0 bridgehead atoms. The Morgan fingerprint density at radius 2 is 2.26 bits per heavy atom. The van der Waals surface area contributed by atoms with E-state index >= 15 is 0 Å². The number of amides is 2. The Morgan fingerprint density at radius 3 is 3.03 bits per heavy atom. The fourth-order valence-corrected chi connectivity index (χ4v) is 6.36. The number of allylic oxidation sites excluding steroid dienone is 1. The van der Waals surface area contributed by atoms with E-state index in [9.17, 15) is 14.9 Å². The number of hydrogen-bond acceptors (Lipinski definition) is 7. The van der Waals surface area contributed by atoms with Gasteiger partial charge in [-0.25, -0.2) is 4.79 Å². The highest BCUT2D eigenvalue weighted by molar-refractivity contribution is 8.04. The fraction of sp³-hybridized carbons (Fsp3) is 0.520. The second-order valence-electron chi connectivity index (χ2n) is 8.85. The van der Waals surface area contributed by atoms with Crippen LogP contribution in [-0.2, 0) is 14.3 Å². The van der Waals surface area contributed by atoms with Crippen LogP contribution in [0.5, 0.6) is 0 Å². The van der Waals surface area contributed by atoms with E-state index in [1.165, 1.54) is 6.08 Å². The Balaban J connectivity index is 1.28. The molecule has 180 valence electrons. The maximum atomic E-state index is 12.6. The van der Waals surface area contributed by atoms with E-state index in [4.69, 9.17) is 9.47 Å². The van der Waals surface area contributed by atoms with Gasteiger partial charge in [0.05, 0.1) is 36.6 Å². The smallest absolute Gasteiger partial charge is 0.410 e. The van der Waals surface area contributed by atoms with Gasteiger partial charge in [0.25, 0.3) is 0 Å². The lowest BCUT2D eigenvalue weighted by atomic mass is 9.84. The highest BCUT2D eigenvalue weighted by atomic mass is 32.2. The molecule has 4 atom stereocenters. The number of ether oxygens (including phenoxy) is 2. The lowest BCUT2D eigenvalue weighted by molar-refractivity contribution is -0.116. The maximum Gasteiger partial charge on any atom is 0.410 e. The van der Waals surface area contributed by atoms with Crippen molar-refractivity contribution in [2.45, 2.75) is 43.5 Å². The molecule has 8 nitrogen and oxygen atoms in total. The third-order valence-electron chi connectivity index (χ3n) is 6.55. The lowest BCUT2D eigenvalue weighted by Crippen LogP contribution is -2.39. The van der Waals surface area contributed by atoms with Gasteiger partial charge >= 0.3 is 6.09 Å². The number of pyridine rings is 1. The largest absolute Gasteiger partial charge is 0.449 e. The van der Waals surface area contributed by atoms with E-state index < -0.39 is 0 Å². The summed E-state index contributed by atoms with van der Waals surface area (Å²) in [5.74, 6) is -0.347. The first-order valence-electron chi connectivity index (χ1n) is 11.7. The minimum atomic E-state index is -0.335. The molecule has 2 amide bonds. The van der Waals surface area contributed by atoms with Gasteiger partial charge in [0.1, 0.15) is 0 Å². The van der Waals surface area contributed by atoms with Gasteiger partial charge < -0.3 is 19.7 Å². The number of methoxy groups -OCH3 is 1. The molecule has 1 aliphatic carbocycles. The van der Waals surface area contributed by atoms with Crippen LogP contribution in [0.1, 0.15) is 37.7 Å². The van der Waals surface area contributed by atoms with E-state index in [1.807, 2.05) is 12.1 Å². The predicted octanol–water partition coefficient (Wildman–Crippen LogP) is 3.73. The average molecular weight is 483 g/mol. The Bertz CT molecular complexity index is 990. The zero-order valence-corrected chi connectivity index (χ0v) is 20.1. The minimum absolute atomic E-state index is 0.0940. The van der Waals surface area contributed by atoms with Crippen molar-refractivity contribution in [3.05, 3.63) is 46.6 Å². The number of likely N-dealkylation sites (tertiary alicyclic amines) is 1. The fourth-order valence-electron chi connectivity index (χ4n) is 4.80. The summed E-state index contributed by atoms with van der Waals surface area (Å²) in [5.41, 5.74) is 1.96. The number of aromatic nitrogens is 1. The first kappa shape index (κ1) is 24.3. The van der Waals surface area contributed by atoms with Crippen LogP contribution in [0.15, 0.2) is 41.1 Å². The molecular formula is C25H30N4O4S. The quantitative estimate of drug-likeness (QED) is 0.591. The Hall–Kier alpha value is -2.83. The molecule has 3 heterocycles. The Morgan fingerprint density at radius 1 is 1.38 bits per heavy atom. The molecule has 0 spiro atoms. The number of carbonyl (C=O) groups excluding carboxylic acids is 2. The molecule has 4 rings (SSSR count). The van der Waals surface area contributed by atoms with Gasteiger partial charge in [-0.05, 0) is 66.2 Å². The summed E-state index contributed by atoms with van der Waals surface area (Å²) in [4.78, 5) is 32.0. The summed E-state index contributed by atoms with van der Waals surface area (Å²) in [6.45, 7) is 1.61. The monoisotopic (exact) mass is 482 g/mol. The SMILES string of the molecule is COCC1CCCN1C(=O)OCC1CCC2=C(C1)SC(NC(=O)/C=C/c1cccnc1)C2C#N. The van der Waals surface area contributed by atoms with Crippen LogP contribution >= 0.6 is 11.8 Å². The van der Waals surface area contributed by atoms with Crippen molar-refractivity contribution < 1.29 is 19.1 Å². The van der Waals surface area contributed by atoms with Crippen LogP contribution in [0.4, 0.5) is 4.79 Å². The van der Waals surface area contributed by atoms with Gasteiger partial charge in [-0.3, -0.25) is 9.78 Å². The van der Waals surface area contributed by atoms with Crippen molar-refractivity contribution in [1.82, 2.24) is 15.2 Å². The highest BCUT2D eigenvalue weighted by Crippen LogP contribution is 2.49. The molecule has 9 heteroatoms. The molecule has 4 unspecified atom stereocenters. The van der Waals surface area contributed by atoms with Crippen LogP contribution in [-0.4, -0.2) is 60.2 Å². The third kappa shape index (κ3) is 5.80. The van der Waals surface area contributed by atoms with Gasteiger partial charge in [0, 0.05) is 32.1 Å². The molecule has 2 aliphatic heterocycles. The lowest BCUT2D eigenvalue weighted by Gasteiger charge is -2.27. The molecule has 1 aromatic heterocycles. The number of thioether (sulfide) groups is 1. The molecular weight excluding hydrogens is 452 g/mol. The molecule has 1 saturated heterocycles. The maximum absolute atomic E-state index is 12.6. The zero-order valence-electron chi connectivity index (χ0n) is 19.3. The first-order chi connectivity index (χ1) is 16.6. The van der Waals surface area contributed by atoms with Crippen molar-refractivity contribution in [1.29, 1.82) is 5.26 Å². The van der Waals surface area contributed by atoms with Gasteiger partial charge in [0.15, 0.2) is 0 Å². The molecule has 34 heavy (non-hydrogen) atoms. The molecule has 0 aromatic carbocycles. The molecule has 1 fully saturated rings. The van der Waals surface area contributed by atoms with Crippen molar-refractivity contribution in [2.75, 3.05) is 26.9 Å². The topological polar surface area (TPSA) is 105 Å². The minimum Gasteiger partial charge on any atom is -0.449 e. The van der Waals surface area contributed by atoms with Crippen molar-refractivity contribution >= 4 is 29.8 Å². The van der Waals surface area contributed by atoms with Gasteiger partial charge in [0.2, 0.25) is 5.91 Å². The predicted molar refractivity (Wildman–Crippen MR) is 129 cm³/mol. The third-order valence-corrected chi connectivity index (χ3v) is 7.91. The summed E-state index contributed by atoms with van der Waals surface area (Å²) < 4.78 is 10.9. The van der Waals surface area contributed by atoms with Gasteiger partial charge in [-0.15, -0.1) is 11.8 Å². The molecule has 1 N–H and O–H groups in total. The number of carbonyl (C=O) groups is 2. The van der Waals surface area contributed by atoms with Crippen LogP contribution in [0.2, 0.25) is 0 Å². The number of nitriles is 1. The number of nitrogens with one attached hydrogen (secondary N) is 1. The average Bonchev–Trinajstić information content (AvgIpc) is 3.45. The summed E-state index contributed by atoms with van der Waals surface area (Å²) in [6.07, 6.45) is 10.6. The second-order valence-corrected chi connectivity index (χ2v) is 10.1. The summed E-state index contributed by atoms with van der Waals surface area (Å²) in [5, 5.41) is 12.4. The Kier molecular flexibility index (Phi) is 8.25. The van der Waals surface area contributed by atoms with Crippen molar-refractivity contribution in [2.24, 2.45) is 11.8 Å². The second kappa shape index (κ2) is 11.5. The number of rotatable bonds is 7. The van der Waals surface area contributed by atoms with E-state index in [0.29, 0.717) is 19.8 Å². The van der Waals surface area contributed by atoms with E-state index in [-0.39, 0.29) is 35.3 Å². The van der Waals surface area contributed by atoms with Crippen LogP contribution < -0.4 is 5.32 Å². The van der Waals surface area contributed by atoms with E-state index in [1.54, 1.807) is 42.2 Å². The van der Waals surface area contributed by atoms with E-state index in [2.05, 4.69) is 16.4 Å². The summed E-state index contributed by atoms with van der Waals surface area (Å²) >= 11 is 1.56. The highest BCUT2D eigenvalue weighted by Gasteiger charge is 2.39. The number of hydrogen-bond donors (Lipinski definition) is 1. The number of nitrogens with zero attached hydrogens (tertiary/aromatic N) is 3. The summed E-state index contributed by atoms with van der Waals surface area (Å²) in [6, 6.07) is 6.15. The molecule has 0 radical (unpaired) electrons. The normalized spacial score (nSPS) is 26.4. The van der Waals surface area contributed by atoms with Crippen LogP contribution in [0.25, 0.3) is 6.08 Å². The van der Waals surface area contributed by atoms with Crippen LogP contribution in [0.3, 0.4) is 0 Å². The van der Waals surface area contributed by atoms with Crippen molar-refractivity contribution in [3.63, 3.8) is 0 Å². The van der Waals surface area contributed by atoms with Gasteiger partial charge in [-0.2, -0.15) is 5.26 Å².